The molecule has 2 atom stereocenters. The number of aliphatic hydroxyl groups is 1. The van der Waals surface area contributed by atoms with E-state index in [1.807, 2.05) is 55.5 Å². The summed E-state index contributed by atoms with van der Waals surface area (Å²) < 4.78 is 6.90. The number of rotatable bonds is 6. The number of ether oxygens (including phenoxy) is 1. The predicted molar refractivity (Wildman–Crippen MR) is 91.0 cm³/mol. The third kappa shape index (κ3) is 5.67. The number of hydrogen-bond donors (Lipinski definition) is 1. The molecule has 0 aliphatic heterocycles. The van der Waals surface area contributed by atoms with Crippen molar-refractivity contribution in [3.8, 4) is 10.7 Å². The topological polar surface area (TPSA) is 29.5 Å². The molecule has 0 fully saturated rings. The van der Waals surface area contributed by atoms with Gasteiger partial charge in [0, 0.05) is 0 Å². The maximum absolute atomic E-state index is 10.3. The van der Waals surface area contributed by atoms with Gasteiger partial charge in [-0.25, -0.2) is 0 Å². The number of hydrogen-bond acceptors (Lipinski definition) is 2. The molecule has 0 saturated heterocycles. The Morgan fingerprint density at radius 1 is 1.05 bits per heavy atom. The van der Waals surface area contributed by atoms with E-state index >= 15 is 0 Å². The van der Waals surface area contributed by atoms with Gasteiger partial charge in [-0.3, -0.25) is 0 Å². The first kappa shape index (κ1) is 16.8. The van der Waals surface area contributed by atoms with Crippen LogP contribution in [0.1, 0.15) is 25.0 Å². The Morgan fingerprint density at radius 2 is 1.68 bits per heavy atom. The zero-order valence-electron chi connectivity index (χ0n) is 12.6. The summed E-state index contributed by atoms with van der Waals surface area (Å²) in [6.07, 6.45) is -0.280. The van der Waals surface area contributed by atoms with Gasteiger partial charge >= 0.3 is 138 Å². The Balaban J connectivity index is 1.95. The standard InChI is InChI=1S/C19H20O2Se/c1-2-21-17(13-14-22-18-11-7-4-8-12-18)15-19(20)16-9-5-3-6-10-16/h3-12,17,19-20H,2,15H2,1H3/t17-,19+/m0/s1. The summed E-state index contributed by atoms with van der Waals surface area (Å²) in [5.74, 6) is 3.17. The molecule has 0 heterocycles. The molecular weight excluding hydrogens is 339 g/mol. The maximum atomic E-state index is 10.3. The molecule has 114 valence electrons. The first-order chi connectivity index (χ1) is 10.8. The second-order valence-corrected chi connectivity index (χ2v) is 6.61. The van der Waals surface area contributed by atoms with Crippen molar-refractivity contribution in [2.24, 2.45) is 0 Å². The first-order valence-corrected chi connectivity index (χ1v) is 9.08. The van der Waals surface area contributed by atoms with Crippen molar-refractivity contribution in [3.05, 3.63) is 66.2 Å². The summed E-state index contributed by atoms with van der Waals surface area (Å²) in [4.78, 5) is 3.22. The van der Waals surface area contributed by atoms with Crippen molar-refractivity contribution in [2.75, 3.05) is 6.61 Å². The van der Waals surface area contributed by atoms with Gasteiger partial charge in [-0.2, -0.15) is 0 Å². The van der Waals surface area contributed by atoms with Gasteiger partial charge in [0.1, 0.15) is 0 Å². The zero-order valence-corrected chi connectivity index (χ0v) is 14.3. The van der Waals surface area contributed by atoms with Crippen molar-refractivity contribution in [1.29, 1.82) is 0 Å². The SMILES string of the molecule is CCO[C@@H](C#C[Se]c1ccccc1)C[C@@H](O)c1ccccc1. The third-order valence-corrected chi connectivity index (χ3v) is 4.65. The van der Waals surface area contributed by atoms with Crippen LogP contribution in [-0.2, 0) is 4.74 Å². The quantitative estimate of drug-likeness (QED) is 0.634. The van der Waals surface area contributed by atoms with E-state index in [0.29, 0.717) is 13.0 Å². The average Bonchev–Trinajstić information content (AvgIpc) is 2.57. The van der Waals surface area contributed by atoms with E-state index in [1.165, 1.54) is 4.46 Å². The van der Waals surface area contributed by atoms with Gasteiger partial charge in [0.15, 0.2) is 0 Å². The van der Waals surface area contributed by atoms with Gasteiger partial charge in [-0.05, 0) is 0 Å². The van der Waals surface area contributed by atoms with Crippen LogP contribution in [0.2, 0.25) is 0 Å². The van der Waals surface area contributed by atoms with Crippen LogP contribution in [0.5, 0.6) is 0 Å². The van der Waals surface area contributed by atoms with Crippen LogP contribution in [0, 0.1) is 10.7 Å². The van der Waals surface area contributed by atoms with Crippen molar-refractivity contribution in [2.45, 2.75) is 25.6 Å². The normalized spacial score (nSPS) is 13.0. The van der Waals surface area contributed by atoms with Crippen LogP contribution in [0.4, 0.5) is 0 Å². The number of aliphatic hydroxyl groups excluding tert-OH is 1. The minimum atomic E-state index is -0.545. The summed E-state index contributed by atoms with van der Waals surface area (Å²) in [5.41, 5.74) is 0.905. The van der Waals surface area contributed by atoms with E-state index in [-0.39, 0.29) is 21.1 Å². The van der Waals surface area contributed by atoms with Gasteiger partial charge in [0.2, 0.25) is 0 Å². The molecule has 22 heavy (non-hydrogen) atoms. The summed E-state index contributed by atoms with van der Waals surface area (Å²) in [6.45, 7) is 2.55. The Hall–Kier alpha value is -1.56. The molecular formula is C19H20O2Se. The Bertz CT molecular complexity index is 602. The van der Waals surface area contributed by atoms with Crippen LogP contribution in [0.15, 0.2) is 60.7 Å². The molecule has 0 saturated carbocycles. The van der Waals surface area contributed by atoms with E-state index in [1.54, 1.807) is 0 Å². The van der Waals surface area contributed by atoms with Crippen molar-refractivity contribution < 1.29 is 9.84 Å². The molecule has 0 amide bonds. The summed E-state index contributed by atoms with van der Waals surface area (Å²) in [7, 11) is 0. The van der Waals surface area contributed by atoms with Gasteiger partial charge in [0.05, 0.1) is 0 Å². The van der Waals surface area contributed by atoms with Crippen LogP contribution in [0.3, 0.4) is 0 Å². The molecule has 0 radical (unpaired) electrons. The summed E-state index contributed by atoms with van der Waals surface area (Å²) >= 11 is 0.119. The zero-order chi connectivity index (χ0) is 15.6. The van der Waals surface area contributed by atoms with Crippen molar-refractivity contribution in [3.63, 3.8) is 0 Å². The molecule has 2 rings (SSSR count). The fraction of sp³-hybridized carbons (Fsp3) is 0.263. The second kappa shape index (κ2) is 9.46. The monoisotopic (exact) mass is 360 g/mol. The fourth-order valence-corrected chi connectivity index (χ4v) is 3.29. The van der Waals surface area contributed by atoms with E-state index < -0.39 is 6.10 Å². The Labute approximate surface area is 138 Å². The molecule has 2 aromatic carbocycles. The van der Waals surface area contributed by atoms with Gasteiger partial charge in [0.25, 0.3) is 0 Å². The predicted octanol–water partition coefficient (Wildman–Crippen LogP) is 2.51. The van der Waals surface area contributed by atoms with Crippen molar-refractivity contribution >= 4 is 19.4 Å². The van der Waals surface area contributed by atoms with Crippen LogP contribution in [0.25, 0.3) is 0 Å². The Kier molecular flexibility index (Phi) is 7.22. The third-order valence-electron chi connectivity index (χ3n) is 3.12. The van der Waals surface area contributed by atoms with Crippen LogP contribution < -0.4 is 4.46 Å². The van der Waals surface area contributed by atoms with Crippen LogP contribution >= 0.6 is 0 Å². The van der Waals surface area contributed by atoms with Crippen LogP contribution in [-0.4, -0.2) is 32.8 Å². The van der Waals surface area contributed by atoms with Gasteiger partial charge in [-0.1, -0.05) is 0 Å². The molecule has 0 aliphatic carbocycles. The number of benzene rings is 2. The van der Waals surface area contributed by atoms with E-state index in [9.17, 15) is 5.11 Å². The fourth-order valence-electron chi connectivity index (χ4n) is 2.03. The molecule has 0 bridgehead atoms. The van der Waals surface area contributed by atoms with Gasteiger partial charge in [-0.15, -0.1) is 0 Å². The van der Waals surface area contributed by atoms with Gasteiger partial charge < -0.3 is 0 Å². The van der Waals surface area contributed by atoms with E-state index in [0.717, 1.165) is 5.56 Å². The molecule has 0 aliphatic rings. The van der Waals surface area contributed by atoms with Crippen molar-refractivity contribution in [1.82, 2.24) is 0 Å². The summed E-state index contributed by atoms with van der Waals surface area (Å²) in [5, 5.41) is 10.3. The van der Waals surface area contributed by atoms with E-state index in [4.69, 9.17) is 4.74 Å². The second-order valence-electron chi connectivity index (χ2n) is 4.77. The summed E-state index contributed by atoms with van der Waals surface area (Å²) in [6, 6.07) is 19.9. The Morgan fingerprint density at radius 3 is 2.32 bits per heavy atom. The molecule has 0 aromatic heterocycles. The van der Waals surface area contributed by atoms with E-state index in [2.05, 4.69) is 22.9 Å². The molecule has 0 spiro atoms. The molecule has 2 nitrogen and oxygen atoms in total. The molecule has 2 aromatic rings. The molecule has 3 heteroatoms. The average molecular weight is 359 g/mol. The first-order valence-electron chi connectivity index (χ1n) is 7.36. The minimum absolute atomic E-state index is 0.119. The molecule has 1 N–H and O–H groups in total. The molecule has 0 unspecified atom stereocenters.